The highest BCUT2D eigenvalue weighted by molar-refractivity contribution is 14.1. The van der Waals surface area contributed by atoms with Crippen molar-refractivity contribution < 1.29 is 9.90 Å². The first kappa shape index (κ1) is 9.79. The van der Waals surface area contributed by atoms with Gasteiger partial charge in [0, 0.05) is 8.04 Å². The van der Waals surface area contributed by atoms with Gasteiger partial charge in [0.1, 0.15) is 0 Å². The van der Waals surface area contributed by atoms with Crippen LogP contribution in [0.25, 0.3) is 0 Å². The van der Waals surface area contributed by atoms with Crippen LogP contribution in [-0.4, -0.2) is 11.1 Å². The summed E-state index contributed by atoms with van der Waals surface area (Å²) in [6, 6.07) is 3.25. The Morgan fingerprint density at radius 3 is 2.67 bits per heavy atom. The Hall–Kier alpha value is -0.300. The van der Waals surface area contributed by atoms with Crippen LogP contribution in [0.5, 0.6) is 0 Å². The molecule has 64 valence electrons. The number of anilines is 1. The van der Waals surface area contributed by atoms with Crippen LogP contribution in [0.3, 0.4) is 0 Å². The summed E-state index contributed by atoms with van der Waals surface area (Å²) in [6.45, 7) is 0. The van der Waals surface area contributed by atoms with Crippen LogP contribution in [-0.2, 0) is 0 Å². The molecule has 12 heavy (non-hydrogen) atoms. The zero-order chi connectivity index (χ0) is 9.30. The number of nitrogens with two attached hydrogens (primary N) is 1. The molecule has 0 unspecified atom stereocenters. The zero-order valence-corrected chi connectivity index (χ0v) is 9.59. The van der Waals surface area contributed by atoms with E-state index in [1.807, 2.05) is 22.6 Å². The van der Waals surface area contributed by atoms with Gasteiger partial charge in [0.2, 0.25) is 0 Å². The number of benzene rings is 1. The summed E-state index contributed by atoms with van der Waals surface area (Å²) in [7, 11) is 0. The highest BCUT2D eigenvalue weighted by Gasteiger charge is 2.10. The van der Waals surface area contributed by atoms with E-state index in [0.717, 1.165) is 8.04 Å². The Labute approximate surface area is 91.2 Å². The Morgan fingerprint density at radius 2 is 2.17 bits per heavy atom. The minimum absolute atomic E-state index is 0.133. The fourth-order valence-electron chi connectivity index (χ4n) is 0.762. The number of carboxylic acids is 1. The summed E-state index contributed by atoms with van der Waals surface area (Å²) in [5.41, 5.74) is 5.99. The second-order valence-electron chi connectivity index (χ2n) is 2.15. The van der Waals surface area contributed by atoms with Crippen LogP contribution < -0.4 is 5.73 Å². The van der Waals surface area contributed by atoms with Crippen molar-refractivity contribution >= 4 is 50.2 Å². The van der Waals surface area contributed by atoms with Crippen molar-refractivity contribution in [1.29, 1.82) is 0 Å². The Bertz CT molecular complexity index is 340. The molecule has 0 spiro atoms. The van der Waals surface area contributed by atoms with E-state index < -0.39 is 5.97 Å². The van der Waals surface area contributed by atoms with Crippen molar-refractivity contribution in [2.24, 2.45) is 0 Å². The van der Waals surface area contributed by atoms with Crippen molar-refractivity contribution in [2.45, 2.75) is 0 Å². The van der Waals surface area contributed by atoms with Crippen LogP contribution in [0.2, 0.25) is 0 Å². The molecule has 0 aliphatic heterocycles. The first-order valence-electron chi connectivity index (χ1n) is 3.00. The minimum atomic E-state index is -1.01. The number of hydrogen-bond acceptors (Lipinski definition) is 2. The number of hydrogen-bond donors (Lipinski definition) is 2. The van der Waals surface area contributed by atoms with Gasteiger partial charge in [-0.15, -0.1) is 0 Å². The van der Waals surface area contributed by atoms with Crippen molar-refractivity contribution in [3.8, 4) is 0 Å². The molecule has 0 aliphatic carbocycles. The lowest BCUT2D eigenvalue weighted by Crippen LogP contribution is -2.03. The van der Waals surface area contributed by atoms with Gasteiger partial charge in [-0.3, -0.25) is 0 Å². The summed E-state index contributed by atoms with van der Waals surface area (Å²) in [6.07, 6.45) is 0. The molecule has 5 heteroatoms. The molecule has 0 radical (unpaired) electrons. The smallest absolute Gasteiger partial charge is 0.337 e. The predicted molar refractivity (Wildman–Crippen MR) is 58.2 cm³/mol. The van der Waals surface area contributed by atoms with E-state index in [-0.39, 0.29) is 5.56 Å². The highest BCUT2D eigenvalue weighted by Crippen LogP contribution is 2.24. The average Bonchev–Trinajstić information content (AvgIpc) is 1.96. The maximum absolute atomic E-state index is 10.6. The molecule has 1 rings (SSSR count). The molecule has 0 saturated carbocycles. The van der Waals surface area contributed by atoms with Gasteiger partial charge in [0.15, 0.2) is 0 Å². The molecule has 1 aromatic carbocycles. The molecule has 0 aromatic heterocycles. The molecule has 0 bridgehead atoms. The maximum Gasteiger partial charge on any atom is 0.337 e. The Balaban J connectivity index is 3.37. The average molecular weight is 342 g/mol. The lowest BCUT2D eigenvalue weighted by molar-refractivity contribution is 0.0698. The Kier molecular flexibility index (Phi) is 2.94. The number of aromatic carboxylic acids is 1. The summed E-state index contributed by atoms with van der Waals surface area (Å²) >= 11 is 5.18. The third-order valence-electron chi connectivity index (χ3n) is 1.32. The van der Waals surface area contributed by atoms with Crippen molar-refractivity contribution in [1.82, 2.24) is 0 Å². The number of carboxylic acid groups (broad SMARTS) is 1. The van der Waals surface area contributed by atoms with Gasteiger partial charge in [0.25, 0.3) is 0 Å². The molecule has 0 fully saturated rings. The number of nitrogen functional groups attached to an aromatic ring is 1. The molecule has 0 heterocycles. The van der Waals surface area contributed by atoms with Gasteiger partial charge in [-0.25, -0.2) is 4.79 Å². The second-order valence-corrected chi connectivity index (χ2v) is 4.23. The van der Waals surface area contributed by atoms with Crippen molar-refractivity contribution in [2.75, 3.05) is 5.73 Å². The van der Waals surface area contributed by atoms with E-state index in [1.165, 1.54) is 6.07 Å². The van der Waals surface area contributed by atoms with Crippen LogP contribution in [0.15, 0.2) is 16.6 Å². The van der Waals surface area contributed by atoms with Gasteiger partial charge in [-0.1, -0.05) is 15.9 Å². The molecule has 0 aliphatic rings. The minimum Gasteiger partial charge on any atom is -0.478 e. The largest absolute Gasteiger partial charge is 0.478 e. The van der Waals surface area contributed by atoms with E-state index in [4.69, 9.17) is 10.8 Å². The first-order chi connectivity index (χ1) is 5.52. The van der Waals surface area contributed by atoms with Crippen molar-refractivity contribution in [3.05, 3.63) is 25.7 Å². The molecular formula is C7H5BrINO2. The van der Waals surface area contributed by atoms with E-state index >= 15 is 0 Å². The summed E-state index contributed by atoms with van der Waals surface area (Å²) in [5, 5.41) is 8.71. The van der Waals surface area contributed by atoms with Gasteiger partial charge in [-0.2, -0.15) is 0 Å². The third kappa shape index (κ3) is 1.89. The molecule has 0 amide bonds. The second kappa shape index (κ2) is 3.61. The molecule has 3 nitrogen and oxygen atoms in total. The van der Waals surface area contributed by atoms with Crippen molar-refractivity contribution in [3.63, 3.8) is 0 Å². The molecular weight excluding hydrogens is 337 g/mol. The molecule has 1 aromatic rings. The van der Waals surface area contributed by atoms with Crippen LogP contribution in [0, 0.1) is 3.57 Å². The number of halogens is 2. The van der Waals surface area contributed by atoms with E-state index in [1.54, 1.807) is 6.07 Å². The van der Waals surface area contributed by atoms with Gasteiger partial charge in [0.05, 0.1) is 11.3 Å². The predicted octanol–water partition coefficient (Wildman–Crippen LogP) is 2.33. The number of rotatable bonds is 1. The number of carbonyl (C=O) groups is 1. The quantitative estimate of drug-likeness (QED) is 0.608. The standard InChI is InChI=1S/C7H5BrINO2/c8-3-1-4(7(11)12)6(10)5(9)2-3/h1-2H,10H2,(H,11,12). The molecule has 3 N–H and O–H groups in total. The molecule has 0 atom stereocenters. The lowest BCUT2D eigenvalue weighted by atomic mass is 10.2. The van der Waals surface area contributed by atoms with Gasteiger partial charge >= 0.3 is 5.97 Å². The van der Waals surface area contributed by atoms with Crippen LogP contribution >= 0.6 is 38.5 Å². The maximum atomic E-state index is 10.6. The fraction of sp³-hybridized carbons (Fsp3) is 0. The third-order valence-corrected chi connectivity index (χ3v) is 2.68. The van der Waals surface area contributed by atoms with Crippen LogP contribution in [0.1, 0.15) is 10.4 Å². The first-order valence-corrected chi connectivity index (χ1v) is 4.87. The summed E-state index contributed by atoms with van der Waals surface area (Å²) in [5.74, 6) is -1.01. The van der Waals surface area contributed by atoms with Gasteiger partial charge in [-0.05, 0) is 34.7 Å². The van der Waals surface area contributed by atoms with E-state index in [2.05, 4.69) is 15.9 Å². The molecule has 0 saturated heterocycles. The fourth-order valence-corrected chi connectivity index (χ4v) is 2.27. The van der Waals surface area contributed by atoms with E-state index in [9.17, 15) is 4.79 Å². The summed E-state index contributed by atoms with van der Waals surface area (Å²) in [4.78, 5) is 10.6. The van der Waals surface area contributed by atoms with Gasteiger partial charge < -0.3 is 10.8 Å². The normalized spacial score (nSPS) is 9.83. The monoisotopic (exact) mass is 341 g/mol. The highest BCUT2D eigenvalue weighted by atomic mass is 127. The van der Waals surface area contributed by atoms with Crippen LogP contribution in [0.4, 0.5) is 5.69 Å². The SMILES string of the molecule is Nc1c(I)cc(Br)cc1C(=O)O. The lowest BCUT2D eigenvalue weighted by Gasteiger charge is -2.03. The zero-order valence-electron chi connectivity index (χ0n) is 5.84. The van der Waals surface area contributed by atoms with E-state index in [0.29, 0.717) is 5.69 Å². The Morgan fingerprint density at radius 1 is 1.58 bits per heavy atom. The summed E-state index contributed by atoms with van der Waals surface area (Å²) < 4.78 is 1.46. The topological polar surface area (TPSA) is 63.3 Å².